The third-order valence-electron chi connectivity index (χ3n) is 10.9. The van der Waals surface area contributed by atoms with Gasteiger partial charge in [-0.05, 0) is 45.0 Å². The van der Waals surface area contributed by atoms with Crippen molar-refractivity contribution in [2.24, 2.45) is 0 Å². The summed E-state index contributed by atoms with van der Waals surface area (Å²) in [6, 6.07) is 64.3. The molecule has 4 heteroatoms. The van der Waals surface area contributed by atoms with E-state index in [2.05, 4.69) is 121 Å². The molecule has 0 amide bonds. The quantitative estimate of drug-likeness (QED) is 0.186. The number of aromatic nitrogens is 4. The van der Waals surface area contributed by atoms with Crippen molar-refractivity contribution in [3.63, 3.8) is 0 Å². The topological polar surface area (TPSA) is 51.6 Å². The Morgan fingerprint density at radius 1 is 0.340 bits per heavy atom. The van der Waals surface area contributed by atoms with Crippen molar-refractivity contribution in [1.82, 2.24) is 19.9 Å². The molecule has 2 aliphatic rings. The van der Waals surface area contributed by atoms with Crippen LogP contribution in [0.15, 0.2) is 182 Å². The first-order valence-electron chi connectivity index (χ1n) is 18.0. The number of benzene rings is 7. The van der Waals surface area contributed by atoms with E-state index in [0.29, 0.717) is 17.5 Å². The lowest BCUT2D eigenvalue weighted by Gasteiger charge is -2.31. The van der Waals surface area contributed by atoms with Gasteiger partial charge in [0.15, 0.2) is 17.5 Å². The van der Waals surface area contributed by atoms with Crippen LogP contribution in [-0.4, -0.2) is 19.9 Å². The largest absolute Gasteiger partial charge is 0.247 e. The SMILES string of the molecule is c1ccc(-c2nc(-c3ccccc3)nc(-c3ccc4c5c(c(-c6ccccc6)nc4c3)-c3ccccc3C53c4ccccc4-c4ccccc43)n2)cc1. The molecule has 1 spiro atoms. The van der Waals surface area contributed by atoms with Gasteiger partial charge in [-0.1, -0.05) is 176 Å². The zero-order chi connectivity index (χ0) is 34.9. The Morgan fingerprint density at radius 3 is 1.32 bits per heavy atom. The minimum Gasteiger partial charge on any atom is -0.247 e. The van der Waals surface area contributed by atoms with E-state index in [1.807, 2.05) is 60.7 Å². The van der Waals surface area contributed by atoms with E-state index in [1.165, 1.54) is 44.5 Å². The van der Waals surface area contributed by atoms with Crippen LogP contribution in [0.2, 0.25) is 0 Å². The van der Waals surface area contributed by atoms with Crippen molar-refractivity contribution in [1.29, 1.82) is 0 Å². The highest BCUT2D eigenvalue weighted by Crippen LogP contribution is 2.65. The minimum atomic E-state index is -0.514. The molecular formula is C49H30N4. The van der Waals surface area contributed by atoms with Gasteiger partial charge < -0.3 is 0 Å². The van der Waals surface area contributed by atoms with Crippen LogP contribution in [0.1, 0.15) is 22.3 Å². The lowest BCUT2D eigenvalue weighted by Crippen LogP contribution is -2.26. The molecule has 0 unspecified atom stereocenters. The number of hydrogen-bond acceptors (Lipinski definition) is 4. The number of hydrogen-bond donors (Lipinski definition) is 0. The summed E-state index contributed by atoms with van der Waals surface area (Å²) in [5.74, 6) is 1.88. The minimum absolute atomic E-state index is 0.514. The highest BCUT2D eigenvalue weighted by Gasteiger charge is 2.53. The van der Waals surface area contributed by atoms with Crippen LogP contribution in [0.5, 0.6) is 0 Å². The Labute approximate surface area is 307 Å². The van der Waals surface area contributed by atoms with E-state index in [1.54, 1.807) is 0 Å². The van der Waals surface area contributed by atoms with E-state index < -0.39 is 5.41 Å². The zero-order valence-corrected chi connectivity index (χ0v) is 28.6. The Bertz CT molecular complexity index is 2780. The van der Waals surface area contributed by atoms with Crippen LogP contribution in [0, 0.1) is 0 Å². The smallest absolute Gasteiger partial charge is 0.164 e. The first-order chi connectivity index (χ1) is 26.3. The standard InChI is InChI=1S/C49H30N4/c1-4-16-31(17-5-1)45-43-37-24-12-15-27-41(37)49(39-25-13-10-22-35(39)36-23-11-14-26-40(36)49)44(43)38-29-28-34(30-42(38)50-45)48-52-46(32-18-6-2-7-19-32)51-47(53-48)33-20-8-3-9-21-33/h1-30H. The third kappa shape index (κ3) is 4.30. The maximum absolute atomic E-state index is 5.56. The summed E-state index contributed by atoms with van der Waals surface area (Å²) in [5, 5.41) is 1.12. The molecule has 7 aromatic carbocycles. The Kier molecular flexibility index (Phi) is 6.43. The molecule has 0 saturated carbocycles. The van der Waals surface area contributed by atoms with Crippen LogP contribution >= 0.6 is 0 Å². The van der Waals surface area contributed by atoms with Crippen LogP contribution in [0.4, 0.5) is 0 Å². The molecule has 4 nitrogen and oxygen atoms in total. The van der Waals surface area contributed by atoms with Gasteiger partial charge in [0, 0.05) is 33.2 Å². The number of nitrogens with zero attached hydrogens (tertiary/aromatic N) is 4. The molecule has 0 atom stereocenters. The molecule has 11 rings (SSSR count). The monoisotopic (exact) mass is 674 g/mol. The second-order valence-corrected chi connectivity index (χ2v) is 13.7. The van der Waals surface area contributed by atoms with Crippen molar-refractivity contribution in [2.45, 2.75) is 5.41 Å². The van der Waals surface area contributed by atoms with Gasteiger partial charge in [0.1, 0.15) is 0 Å². The molecule has 0 bridgehead atoms. The van der Waals surface area contributed by atoms with Crippen molar-refractivity contribution in [2.75, 3.05) is 0 Å². The predicted octanol–water partition coefficient (Wildman–Crippen LogP) is 11.4. The second kappa shape index (κ2) is 11.5. The van der Waals surface area contributed by atoms with Gasteiger partial charge in [-0.3, -0.25) is 0 Å². The molecule has 0 N–H and O–H groups in total. The summed E-state index contributed by atoms with van der Waals surface area (Å²) in [6.07, 6.45) is 0. The summed E-state index contributed by atoms with van der Waals surface area (Å²) in [6.45, 7) is 0. The molecule has 2 aromatic heterocycles. The van der Waals surface area contributed by atoms with Gasteiger partial charge in [0.05, 0.1) is 16.6 Å². The fraction of sp³-hybridized carbons (Fsp3) is 0.0204. The second-order valence-electron chi connectivity index (χ2n) is 13.7. The van der Waals surface area contributed by atoms with Crippen molar-refractivity contribution < 1.29 is 0 Å². The fourth-order valence-corrected chi connectivity index (χ4v) is 8.76. The van der Waals surface area contributed by atoms with E-state index in [9.17, 15) is 0 Å². The Balaban J connectivity index is 1.23. The van der Waals surface area contributed by atoms with Gasteiger partial charge in [-0.25, -0.2) is 19.9 Å². The molecular weight excluding hydrogens is 645 g/mol. The molecule has 0 fully saturated rings. The molecule has 53 heavy (non-hydrogen) atoms. The average molecular weight is 675 g/mol. The van der Waals surface area contributed by atoms with Gasteiger partial charge >= 0.3 is 0 Å². The maximum atomic E-state index is 5.56. The average Bonchev–Trinajstić information content (AvgIpc) is 3.72. The molecule has 246 valence electrons. The van der Waals surface area contributed by atoms with Crippen molar-refractivity contribution in [3.05, 3.63) is 204 Å². The van der Waals surface area contributed by atoms with Crippen LogP contribution in [0.3, 0.4) is 0 Å². The normalized spacial score (nSPS) is 13.1. The highest BCUT2D eigenvalue weighted by molar-refractivity contribution is 6.07. The van der Waals surface area contributed by atoms with E-state index in [-0.39, 0.29) is 0 Å². The third-order valence-corrected chi connectivity index (χ3v) is 10.9. The molecule has 0 saturated heterocycles. The van der Waals surface area contributed by atoms with Crippen LogP contribution in [0.25, 0.3) is 78.6 Å². The van der Waals surface area contributed by atoms with E-state index >= 15 is 0 Å². The van der Waals surface area contributed by atoms with Crippen molar-refractivity contribution in [3.8, 4) is 67.7 Å². The molecule has 2 aliphatic carbocycles. The van der Waals surface area contributed by atoms with Gasteiger partial charge in [0.25, 0.3) is 0 Å². The Morgan fingerprint density at radius 2 is 0.774 bits per heavy atom. The van der Waals surface area contributed by atoms with Gasteiger partial charge in [-0.15, -0.1) is 0 Å². The number of pyridine rings is 1. The van der Waals surface area contributed by atoms with Crippen LogP contribution in [-0.2, 0) is 5.41 Å². The maximum Gasteiger partial charge on any atom is 0.164 e. The fourth-order valence-electron chi connectivity index (χ4n) is 8.76. The molecule has 0 aliphatic heterocycles. The van der Waals surface area contributed by atoms with E-state index in [0.717, 1.165) is 38.9 Å². The van der Waals surface area contributed by atoms with Gasteiger partial charge in [-0.2, -0.15) is 0 Å². The molecule has 2 heterocycles. The summed E-state index contributed by atoms with van der Waals surface area (Å²) < 4.78 is 0. The zero-order valence-electron chi connectivity index (χ0n) is 28.6. The highest BCUT2D eigenvalue weighted by atomic mass is 15.0. The number of fused-ring (bicyclic) bond motifs is 12. The predicted molar refractivity (Wildman–Crippen MR) is 213 cm³/mol. The molecule has 0 radical (unpaired) electrons. The van der Waals surface area contributed by atoms with E-state index in [4.69, 9.17) is 19.9 Å². The van der Waals surface area contributed by atoms with Crippen molar-refractivity contribution >= 4 is 10.9 Å². The lowest BCUT2D eigenvalue weighted by molar-refractivity contribution is 0.801. The first-order valence-corrected chi connectivity index (χ1v) is 18.0. The van der Waals surface area contributed by atoms with Crippen LogP contribution < -0.4 is 0 Å². The lowest BCUT2D eigenvalue weighted by atomic mass is 9.69. The summed E-state index contributed by atoms with van der Waals surface area (Å²) >= 11 is 0. The Hall–Kier alpha value is -7.04. The van der Waals surface area contributed by atoms with Gasteiger partial charge in [0.2, 0.25) is 0 Å². The molecule has 9 aromatic rings. The summed E-state index contributed by atoms with van der Waals surface area (Å²) in [5.41, 5.74) is 15.4. The summed E-state index contributed by atoms with van der Waals surface area (Å²) in [4.78, 5) is 20.6. The summed E-state index contributed by atoms with van der Waals surface area (Å²) in [7, 11) is 0. The number of rotatable bonds is 4. The first kappa shape index (κ1) is 29.7.